The number of sulfonamides is 1. The summed E-state index contributed by atoms with van der Waals surface area (Å²) in [6.07, 6.45) is 0. The Morgan fingerprint density at radius 3 is 2.63 bits per heavy atom. The lowest BCUT2D eigenvalue weighted by Crippen LogP contribution is -2.12. The number of H-pyrrole nitrogens is 1. The van der Waals surface area contributed by atoms with E-state index in [9.17, 15) is 17.6 Å². The molecule has 0 bridgehead atoms. The molecule has 0 saturated heterocycles. The molecule has 1 aromatic heterocycles. The van der Waals surface area contributed by atoms with Crippen LogP contribution in [-0.2, 0) is 10.0 Å². The Hall–Kier alpha value is -1.19. The third-order valence-corrected chi connectivity index (χ3v) is 5.83. The van der Waals surface area contributed by atoms with Crippen molar-refractivity contribution in [2.45, 2.75) is 11.1 Å². The lowest BCUT2D eigenvalue weighted by Gasteiger charge is -2.07. The van der Waals surface area contributed by atoms with E-state index >= 15 is 0 Å². The first-order valence-electron chi connectivity index (χ1n) is 4.97. The first kappa shape index (κ1) is 14.2. The van der Waals surface area contributed by atoms with Crippen molar-refractivity contribution in [1.29, 1.82) is 0 Å². The summed E-state index contributed by atoms with van der Waals surface area (Å²) in [5.74, 6) is -0.584. The number of aryl methyl sites for hydroxylation is 1. The molecule has 5 nitrogen and oxygen atoms in total. The van der Waals surface area contributed by atoms with E-state index in [0.29, 0.717) is 11.3 Å². The van der Waals surface area contributed by atoms with Crippen LogP contribution in [0.4, 0.5) is 10.1 Å². The summed E-state index contributed by atoms with van der Waals surface area (Å²) in [5, 5.41) is 0. The molecular formula is C10H8BrFN2O3S2. The van der Waals surface area contributed by atoms with Crippen molar-refractivity contribution in [3.05, 3.63) is 43.9 Å². The van der Waals surface area contributed by atoms with E-state index in [1.54, 1.807) is 0 Å². The number of hydrogen-bond acceptors (Lipinski definition) is 4. The van der Waals surface area contributed by atoms with Crippen LogP contribution >= 0.6 is 27.3 Å². The fraction of sp³-hybridized carbons (Fsp3) is 0.100. The lowest BCUT2D eigenvalue weighted by molar-refractivity contribution is 0.602. The number of hydrogen-bond donors (Lipinski definition) is 2. The first-order valence-corrected chi connectivity index (χ1v) is 8.06. The number of anilines is 1. The Balaban J connectivity index is 2.39. The van der Waals surface area contributed by atoms with E-state index in [-0.39, 0.29) is 20.1 Å². The Bertz CT molecular complexity index is 782. The predicted molar refractivity (Wildman–Crippen MR) is 74.6 cm³/mol. The third kappa shape index (κ3) is 3.04. The van der Waals surface area contributed by atoms with Crippen LogP contribution in [0.5, 0.6) is 0 Å². The summed E-state index contributed by atoms with van der Waals surface area (Å²) in [6, 6.07) is 3.85. The second-order valence-electron chi connectivity index (χ2n) is 3.66. The highest BCUT2D eigenvalue weighted by molar-refractivity contribution is 9.10. The molecule has 1 aromatic carbocycles. The number of aromatic nitrogens is 1. The molecule has 0 amide bonds. The third-order valence-electron chi connectivity index (χ3n) is 2.20. The maximum atomic E-state index is 13.3. The largest absolute Gasteiger partial charge is 0.315 e. The molecule has 0 aliphatic rings. The van der Waals surface area contributed by atoms with Crippen molar-refractivity contribution in [2.75, 3.05) is 4.72 Å². The fourth-order valence-electron chi connectivity index (χ4n) is 1.41. The number of nitrogens with one attached hydrogen (secondary N) is 2. The molecule has 0 fully saturated rings. The van der Waals surface area contributed by atoms with Gasteiger partial charge in [0.05, 0.1) is 10.2 Å². The summed E-state index contributed by atoms with van der Waals surface area (Å²) >= 11 is 3.56. The van der Waals surface area contributed by atoms with Gasteiger partial charge in [-0.05, 0) is 41.1 Å². The molecule has 102 valence electrons. The highest BCUT2D eigenvalue weighted by atomic mass is 79.9. The van der Waals surface area contributed by atoms with Gasteiger partial charge in [0.25, 0.3) is 10.0 Å². The summed E-state index contributed by atoms with van der Waals surface area (Å²) in [4.78, 5) is 13.0. The molecule has 0 atom stereocenters. The molecule has 0 spiro atoms. The maximum Gasteiger partial charge on any atom is 0.306 e. The highest BCUT2D eigenvalue weighted by Gasteiger charge is 2.20. The van der Waals surface area contributed by atoms with Gasteiger partial charge in [0.15, 0.2) is 4.21 Å². The Morgan fingerprint density at radius 2 is 2.11 bits per heavy atom. The summed E-state index contributed by atoms with van der Waals surface area (Å²) < 4.78 is 39.7. The number of aromatic amines is 1. The van der Waals surface area contributed by atoms with E-state index < -0.39 is 20.7 Å². The van der Waals surface area contributed by atoms with Crippen molar-refractivity contribution in [1.82, 2.24) is 4.98 Å². The average molecular weight is 367 g/mol. The van der Waals surface area contributed by atoms with E-state index in [1.165, 1.54) is 19.1 Å². The molecule has 2 rings (SSSR count). The van der Waals surface area contributed by atoms with Gasteiger partial charge in [-0.1, -0.05) is 11.3 Å². The van der Waals surface area contributed by atoms with Crippen LogP contribution < -0.4 is 9.60 Å². The number of thiazole rings is 1. The Labute approximate surface area is 120 Å². The molecule has 2 aromatic rings. The van der Waals surface area contributed by atoms with E-state index in [0.717, 1.165) is 6.07 Å². The van der Waals surface area contributed by atoms with Crippen LogP contribution in [0, 0.1) is 12.7 Å². The first-order chi connectivity index (χ1) is 8.79. The number of halogens is 2. The monoisotopic (exact) mass is 366 g/mol. The van der Waals surface area contributed by atoms with Gasteiger partial charge in [-0.25, -0.2) is 12.8 Å². The topological polar surface area (TPSA) is 79.0 Å². The Morgan fingerprint density at radius 1 is 1.42 bits per heavy atom. The van der Waals surface area contributed by atoms with Gasteiger partial charge < -0.3 is 4.98 Å². The van der Waals surface area contributed by atoms with E-state index in [4.69, 9.17) is 0 Å². The molecule has 9 heteroatoms. The summed E-state index contributed by atoms with van der Waals surface area (Å²) in [5.41, 5.74) is 0.334. The van der Waals surface area contributed by atoms with Gasteiger partial charge in [-0.3, -0.25) is 9.52 Å². The molecule has 0 aliphatic carbocycles. The zero-order valence-electron chi connectivity index (χ0n) is 9.53. The molecule has 0 unspecified atom stereocenters. The predicted octanol–water partition coefficient (Wildman–Crippen LogP) is 2.45. The minimum atomic E-state index is -3.90. The van der Waals surface area contributed by atoms with Crippen molar-refractivity contribution in [3.8, 4) is 0 Å². The van der Waals surface area contributed by atoms with Crippen molar-refractivity contribution >= 4 is 43.0 Å². The molecule has 0 radical (unpaired) electrons. The summed E-state index contributed by atoms with van der Waals surface area (Å²) in [6.45, 7) is 1.48. The number of benzene rings is 1. The Kier molecular flexibility index (Phi) is 3.79. The van der Waals surface area contributed by atoms with Crippen molar-refractivity contribution in [3.63, 3.8) is 0 Å². The zero-order chi connectivity index (χ0) is 14.2. The van der Waals surface area contributed by atoms with Crippen LogP contribution in [0.1, 0.15) is 5.69 Å². The van der Waals surface area contributed by atoms with Crippen LogP contribution in [0.3, 0.4) is 0 Å². The van der Waals surface area contributed by atoms with Crippen LogP contribution in [0.2, 0.25) is 0 Å². The molecule has 0 aliphatic heterocycles. The standard InChI is InChI=1S/C10H8BrFN2O3S2/c1-5-9(18-10(15)13-5)19(16,17)14-6-2-3-7(11)8(12)4-6/h2-4,14H,1H3,(H,13,15). The number of rotatable bonds is 3. The molecule has 2 N–H and O–H groups in total. The van der Waals surface area contributed by atoms with E-state index in [2.05, 4.69) is 25.6 Å². The quantitative estimate of drug-likeness (QED) is 0.875. The molecule has 0 saturated carbocycles. The molecular weight excluding hydrogens is 359 g/mol. The smallest absolute Gasteiger partial charge is 0.306 e. The molecule has 1 heterocycles. The molecule has 19 heavy (non-hydrogen) atoms. The maximum absolute atomic E-state index is 13.3. The van der Waals surface area contributed by atoms with Gasteiger partial charge >= 0.3 is 4.87 Å². The minimum absolute atomic E-state index is 0.0842. The average Bonchev–Trinajstić information content (AvgIpc) is 2.63. The minimum Gasteiger partial charge on any atom is -0.315 e. The normalized spacial score (nSPS) is 11.5. The summed E-state index contributed by atoms with van der Waals surface area (Å²) in [7, 11) is -3.90. The van der Waals surface area contributed by atoms with Gasteiger partial charge in [-0.2, -0.15) is 0 Å². The van der Waals surface area contributed by atoms with Gasteiger partial charge in [0.2, 0.25) is 0 Å². The van der Waals surface area contributed by atoms with E-state index in [1.807, 2.05) is 0 Å². The van der Waals surface area contributed by atoms with Crippen LogP contribution in [0.25, 0.3) is 0 Å². The van der Waals surface area contributed by atoms with Gasteiger partial charge in [0, 0.05) is 5.69 Å². The van der Waals surface area contributed by atoms with Crippen LogP contribution in [0.15, 0.2) is 31.7 Å². The zero-order valence-corrected chi connectivity index (χ0v) is 12.7. The van der Waals surface area contributed by atoms with Crippen LogP contribution in [-0.4, -0.2) is 13.4 Å². The van der Waals surface area contributed by atoms with Crippen molar-refractivity contribution in [2.24, 2.45) is 0 Å². The van der Waals surface area contributed by atoms with Gasteiger partial charge in [0.1, 0.15) is 5.82 Å². The SMILES string of the molecule is Cc1[nH]c(=O)sc1S(=O)(=O)Nc1ccc(Br)c(F)c1. The highest BCUT2D eigenvalue weighted by Crippen LogP contribution is 2.23. The fourth-order valence-corrected chi connectivity index (χ4v) is 4.01. The van der Waals surface area contributed by atoms with Crippen molar-refractivity contribution < 1.29 is 12.8 Å². The second-order valence-corrected chi connectivity index (χ2v) is 7.38. The second kappa shape index (κ2) is 5.06. The van der Waals surface area contributed by atoms with Gasteiger partial charge in [-0.15, -0.1) is 0 Å². The lowest BCUT2D eigenvalue weighted by atomic mass is 10.3.